The van der Waals surface area contributed by atoms with Gasteiger partial charge in [-0.1, -0.05) is 41.9 Å². The van der Waals surface area contributed by atoms with Crippen LogP contribution < -0.4 is 15.2 Å². The highest BCUT2D eigenvalue weighted by Crippen LogP contribution is 2.37. The van der Waals surface area contributed by atoms with Gasteiger partial charge in [-0.3, -0.25) is 4.90 Å². The highest BCUT2D eigenvalue weighted by Gasteiger charge is 2.31. The molecule has 0 spiro atoms. The fraction of sp³-hybridized carbons (Fsp3) is 0.400. The fourth-order valence-electron chi connectivity index (χ4n) is 3.50. The van der Waals surface area contributed by atoms with Crippen molar-refractivity contribution in [3.63, 3.8) is 0 Å². The number of hydrogen-bond donors (Lipinski definition) is 1. The third-order valence-corrected chi connectivity index (χ3v) is 4.93. The summed E-state index contributed by atoms with van der Waals surface area (Å²) in [5, 5.41) is 0.583. The molecule has 0 radical (unpaired) electrons. The largest absolute Gasteiger partial charge is 0.493 e. The first-order valence-electron chi connectivity index (χ1n) is 8.64. The molecule has 0 amide bonds. The summed E-state index contributed by atoms with van der Waals surface area (Å²) in [7, 11) is 1.63. The number of nitrogens with two attached hydrogens (primary N) is 1. The quantitative estimate of drug-likeness (QED) is 0.853. The zero-order valence-corrected chi connectivity index (χ0v) is 15.5. The Bertz CT molecular complexity index is 708. The lowest BCUT2D eigenvalue weighted by Gasteiger charge is -2.18. The van der Waals surface area contributed by atoms with Gasteiger partial charge in [0.25, 0.3) is 0 Å². The summed E-state index contributed by atoms with van der Waals surface area (Å²) in [6, 6.07) is 14.6. The minimum Gasteiger partial charge on any atom is -0.493 e. The fourth-order valence-corrected chi connectivity index (χ4v) is 3.79. The summed E-state index contributed by atoms with van der Waals surface area (Å²) in [6.07, 6.45) is 0. The van der Waals surface area contributed by atoms with Gasteiger partial charge < -0.3 is 15.2 Å². The van der Waals surface area contributed by atoms with Crippen LogP contribution in [-0.2, 0) is 6.54 Å². The van der Waals surface area contributed by atoms with Gasteiger partial charge in [0.05, 0.1) is 18.7 Å². The summed E-state index contributed by atoms with van der Waals surface area (Å²) in [5.41, 5.74) is 8.80. The maximum atomic E-state index is 6.39. The zero-order valence-electron chi connectivity index (χ0n) is 14.7. The molecule has 5 heteroatoms. The van der Waals surface area contributed by atoms with E-state index in [-0.39, 0.29) is 6.04 Å². The van der Waals surface area contributed by atoms with Crippen LogP contribution in [0.25, 0.3) is 0 Å². The van der Waals surface area contributed by atoms with Gasteiger partial charge in [-0.2, -0.15) is 0 Å². The predicted molar refractivity (Wildman–Crippen MR) is 102 cm³/mol. The molecule has 25 heavy (non-hydrogen) atoms. The van der Waals surface area contributed by atoms with Crippen molar-refractivity contribution >= 4 is 11.6 Å². The highest BCUT2D eigenvalue weighted by atomic mass is 35.5. The summed E-state index contributed by atoms with van der Waals surface area (Å²) in [4.78, 5) is 2.37. The smallest absolute Gasteiger partial charge is 0.179 e. The third-order valence-electron chi connectivity index (χ3n) is 4.65. The van der Waals surface area contributed by atoms with Crippen molar-refractivity contribution in [3.8, 4) is 11.5 Å². The van der Waals surface area contributed by atoms with E-state index in [0.717, 1.165) is 25.2 Å². The van der Waals surface area contributed by atoms with E-state index in [1.165, 1.54) is 5.56 Å². The van der Waals surface area contributed by atoms with Crippen molar-refractivity contribution in [2.24, 2.45) is 5.73 Å². The van der Waals surface area contributed by atoms with Crippen molar-refractivity contribution < 1.29 is 9.47 Å². The van der Waals surface area contributed by atoms with Gasteiger partial charge in [0.2, 0.25) is 0 Å². The molecule has 0 saturated carbocycles. The molecule has 2 aromatic carbocycles. The summed E-state index contributed by atoms with van der Waals surface area (Å²) in [6.45, 7) is 5.08. The van der Waals surface area contributed by atoms with E-state index in [1.54, 1.807) is 7.11 Å². The molecule has 134 valence electrons. The van der Waals surface area contributed by atoms with Crippen LogP contribution >= 0.6 is 11.6 Å². The van der Waals surface area contributed by atoms with E-state index in [2.05, 4.69) is 29.2 Å². The normalized spacial score (nSPS) is 20.6. The number of rotatable bonds is 6. The van der Waals surface area contributed by atoms with Gasteiger partial charge in [-0.25, -0.2) is 0 Å². The molecular weight excluding hydrogens is 336 g/mol. The molecule has 1 heterocycles. The molecule has 1 saturated heterocycles. The Morgan fingerprint density at radius 1 is 1.20 bits per heavy atom. The van der Waals surface area contributed by atoms with E-state index >= 15 is 0 Å². The topological polar surface area (TPSA) is 47.7 Å². The summed E-state index contributed by atoms with van der Waals surface area (Å²) < 4.78 is 11.0. The van der Waals surface area contributed by atoms with Gasteiger partial charge in [0.15, 0.2) is 11.5 Å². The third kappa shape index (κ3) is 4.09. The molecule has 4 nitrogen and oxygen atoms in total. The highest BCUT2D eigenvalue weighted by molar-refractivity contribution is 6.32. The Kier molecular flexibility index (Phi) is 5.84. The van der Waals surface area contributed by atoms with Gasteiger partial charge >= 0.3 is 0 Å². The first-order valence-corrected chi connectivity index (χ1v) is 9.02. The number of hydrogen-bond acceptors (Lipinski definition) is 4. The molecule has 0 aliphatic carbocycles. The van der Waals surface area contributed by atoms with Crippen LogP contribution in [0, 0.1) is 0 Å². The van der Waals surface area contributed by atoms with E-state index in [9.17, 15) is 0 Å². The Labute approximate surface area is 154 Å². The minimum absolute atomic E-state index is 0.141. The lowest BCUT2D eigenvalue weighted by atomic mass is 9.95. The number of methoxy groups -OCH3 is 1. The van der Waals surface area contributed by atoms with Crippen LogP contribution in [0.1, 0.15) is 24.0 Å². The first-order chi connectivity index (χ1) is 12.1. The van der Waals surface area contributed by atoms with Crippen molar-refractivity contribution in [1.29, 1.82) is 0 Å². The van der Waals surface area contributed by atoms with Crippen molar-refractivity contribution in [1.82, 2.24) is 4.90 Å². The molecule has 2 atom stereocenters. The van der Waals surface area contributed by atoms with E-state index in [4.69, 9.17) is 26.8 Å². The van der Waals surface area contributed by atoms with Crippen molar-refractivity contribution in [3.05, 3.63) is 58.6 Å². The van der Waals surface area contributed by atoms with Crippen LogP contribution in [0.5, 0.6) is 11.5 Å². The van der Waals surface area contributed by atoms with Crippen LogP contribution in [0.3, 0.4) is 0 Å². The maximum Gasteiger partial charge on any atom is 0.179 e. The molecule has 1 fully saturated rings. The maximum absolute atomic E-state index is 6.39. The van der Waals surface area contributed by atoms with Gasteiger partial charge in [0.1, 0.15) is 0 Å². The minimum atomic E-state index is 0.141. The lowest BCUT2D eigenvalue weighted by molar-refractivity contribution is 0.306. The number of benzene rings is 2. The SMILES string of the molecule is CCOc1c(Cl)cc(CN2C[C@@H](N)[C@H](c3ccccc3)C2)cc1OC. The Morgan fingerprint density at radius 2 is 1.96 bits per heavy atom. The van der Waals surface area contributed by atoms with Crippen LogP contribution in [0.15, 0.2) is 42.5 Å². The molecule has 2 N–H and O–H groups in total. The van der Waals surface area contributed by atoms with Crippen LogP contribution in [0.4, 0.5) is 0 Å². The molecule has 0 aromatic heterocycles. The number of halogens is 1. The van der Waals surface area contributed by atoms with Gasteiger partial charge in [-0.15, -0.1) is 0 Å². The molecule has 1 aliphatic rings. The van der Waals surface area contributed by atoms with Gasteiger partial charge in [-0.05, 0) is 30.2 Å². The number of ether oxygens (including phenoxy) is 2. The number of likely N-dealkylation sites (tertiary alicyclic amines) is 1. The molecule has 0 bridgehead atoms. The Morgan fingerprint density at radius 3 is 2.64 bits per heavy atom. The van der Waals surface area contributed by atoms with E-state index < -0.39 is 0 Å². The van der Waals surface area contributed by atoms with Crippen LogP contribution in [-0.4, -0.2) is 37.7 Å². The zero-order chi connectivity index (χ0) is 17.8. The monoisotopic (exact) mass is 360 g/mol. The molecule has 0 unspecified atom stereocenters. The average Bonchev–Trinajstić information content (AvgIpc) is 2.98. The predicted octanol–water partition coefficient (Wildman–Crippen LogP) is 3.67. The standard InChI is InChI=1S/C20H25ClN2O2/c1-3-25-20-17(21)9-14(10-19(20)24-2)11-23-12-16(18(22)13-23)15-7-5-4-6-8-15/h4-10,16,18H,3,11-13,22H2,1-2H3/t16-,18+/m0/s1. The second kappa shape index (κ2) is 8.09. The number of nitrogens with zero attached hydrogens (tertiary/aromatic N) is 1. The van der Waals surface area contributed by atoms with Gasteiger partial charge in [0, 0.05) is 31.6 Å². The average molecular weight is 361 g/mol. The lowest BCUT2D eigenvalue weighted by Crippen LogP contribution is -2.28. The van der Waals surface area contributed by atoms with E-state index in [1.807, 2.05) is 25.1 Å². The molecule has 2 aromatic rings. The Hall–Kier alpha value is -1.75. The Balaban J connectivity index is 1.74. The van der Waals surface area contributed by atoms with Crippen LogP contribution in [0.2, 0.25) is 5.02 Å². The van der Waals surface area contributed by atoms with Crippen molar-refractivity contribution in [2.45, 2.75) is 25.4 Å². The first kappa shape index (κ1) is 18.1. The summed E-state index contributed by atoms with van der Waals surface area (Å²) >= 11 is 6.38. The second-order valence-corrected chi connectivity index (χ2v) is 6.82. The van der Waals surface area contributed by atoms with Crippen molar-refractivity contribution in [2.75, 3.05) is 26.8 Å². The molecule has 3 rings (SSSR count). The van der Waals surface area contributed by atoms with E-state index in [0.29, 0.717) is 29.0 Å². The molecular formula is C20H25ClN2O2. The summed E-state index contributed by atoms with van der Waals surface area (Å²) in [5.74, 6) is 1.64. The molecule has 1 aliphatic heterocycles. The second-order valence-electron chi connectivity index (χ2n) is 6.42.